The van der Waals surface area contributed by atoms with Crippen LogP contribution in [0.5, 0.6) is 0 Å². The van der Waals surface area contributed by atoms with E-state index in [4.69, 9.17) is 15.7 Å². The number of halogens is 1. The highest BCUT2D eigenvalue weighted by Gasteiger charge is 2.52. The zero-order chi connectivity index (χ0) is 20.6. The lowest BCUT2D eigenvalue weighted by atomic mass is 9.67. The molecule has 3 aromatic heterocycles. The zero-order valence-electron chi connectivity index (χ0n) is 16.9. The number of hydrogen-bond donors (Lipinski definition) is 3. The quantitative estimate of drug-likeness (QED) is 0.480. The highest BCUT2D eigenvalue weighted by Crippen LogP contribution is 2.46. The largest absolute Gasteiger partial charge is 0.386 e. The molecule has 3 atom stereocenters. The molecule has 1 saturated carbocycles. The van der Waals surface area contributed by atoms with Gasteiger partial charge in [-0.1, -0.05) is 0 Å². The van der Waals surface area contributed by atoms with Crippen LogP contribution in [0.15, 0.2) is 24.5 Å². The molecule has 30 heavy (non-hydrogen) atoms. The van der Waals surface area contributed by atoms with Crippen LogP contribution >= 0.6 is 0 Å². The van der Waals surface area contributed by atoms with Crippen molar-refractivity contribution < 1.29 is 4.39 Å². The third kappa shape index (κ3) is 2.44. The first-order chi connectivity index (χ1) is 14.5. The molecular weight excluding hydrogens is 383 g/mol. The summed E-state index contributed by atoms with van der Waals surface area (Å²) in [6.07, 6.45) is 5.35. The van der Waals surface area contributed by atoms with Crippen LogP contribution in [0.1, 0.15) is 17.8 Å². The average molecular weight is 406 g/mol. The lowest BCUT2D eigenvalue weighted by Crippen LogP contribution is -2.71. The Morgan fingerprint density at radius 2 is 2.20 bits per heavy atom. The number of aromatic nitrogens is 5. The van der Waals surface area contributed by atoms with Gasteiger partial charge in [0.05, 0.1) is 22.8 Å². The maximum Gasteiger partial charge on any atom is 0.144 e. The van der Waals surface area contributed by atoms with Crippen LogP contribution in [0.4, 0.5) is 15.9 Å². The van der Waals surface area contributed by atoms with Crippen molar-refractivity contribution in [3.63, 3.8) is 0 Å². The molecular formula is C21H23FN8. The van der Waals surface area contributed by atoms with Gasteiger partial charge in [-0.25, -0.2) is 14.4 Å². The minimum atomic E-state index is -0.287. The van der Waals surface area contributed by atoms with Crippen molar-refractivity contribution in [2.45, 2.75) is 24.9 Å². The molecule has 4 heterocycles. The molecule has 3 unspecified atom stereocenters. The number of nitrogens with one attached hydrogen (secondary N) is 2. The van der Waals surface area contributed by atoms with Crippen molar-refractivity contribution in [1.29, 1.82) is 0 Å². The molecule has 2 aliphatic rings. The van der Waals surface area contributed by atoms with Crippen LogP contribution < -0.4 is 16.0 Å². The predicted molar refractivity (Wildman–Crippen MR) is 114 cm³/mol. The highest BCUT2D eigenvalue weighted by molar-refractivity contribution is 6.14. The van der Waals surface area contributed by atoms with E-state index in [2.05, 4.69) is 20.3 Å². The van der Waals surface area contributed by atoms with Gasteiger partial charge in [0.1, 0.15) is 23.1 Å². The van der Waals surface area contributed by atoms with Crippen molar-refractivity contribution in [1.82, 2.24) is 24.7 Å². The number of aryl methyl sites for hydroxylation is 1. The fourth-order valence-electron chi connectivity index (χ4n) is 4.92. The number of piperidine rings is 1. The van der Waals surface area contributed by atoms with E-state index in [1.54, 1.807) is 17.8 Å². The molecule has 6 rings (SSSR count). The van der Waals surface area contributed by atoms with Gasteiger partial charge in [-0.05, 0) is 24.1 Å². The van der Waals surface area contributed by atoms with E-state index >= 15 is 0 Å². The Bertz CT molecular complexity index is 1290. The molecule has 0 radical (unpaired) electrons. The lowest BCUT2D eigenvalue weighted by molar-refractivity contribution is 0.121. The summed E-state index contributed by atoms with van der Waals surface area (Å²) < 4.78 is 16.1. The maximum atomic E-state index is 14.4. The summed E-state index contributed by atoms with van der Waals surface area (Å²) in [6, 6.07) is 3.74. The number of nitrogens with two attached hydrogens (primary N) is 1. The minimum absolute atomic E-state index is 0.273. The molecule has 154 valence electrons. The summed E-state index contributed by atoms with van der Waals surface area (Å²) >= 11 is 0. The van der Waals surface area contributed by atoms with Gasteiger partial charge < -0.3 is 20.9 Å². The highest BCUT2D eigenvalue weighted by atomic mass is 19.1. The molecule has 2 fully saturated rings. The van der Waals surface area contributed by atoms with E-state index < -0.39 is 0 Å². The molecule has 0 spiro atoms. The van der Waals surface area contributed by atoms with Crippen molar-refractivity contribution in [3.8, 4) is 0 Å². The van der Waals surface area contributed by atoms with Crippen LogP contribution in [-0.2, 0) is 13.5 Å². The zero-order valence-corrected chi connectivity index (χ0v) is 16.9. The lowest BCUT2D eigenvalue weighted by Gasteiger charge is -2.59. The maximum absolute atomic E-state index is 14.4. The molecule has 1 aliphatic carbocycles. The molecule has 0 bridgehead atoms. The summed E-state index contributed by atoms with van der Waals surface area (Å²) in [5, 5.41) is 8.99. The SMILES string of the molecule is CNc1cc(F)cc2c1[nH]c1nc(Cc3cnn(C)c3)nc(N3CC4C(N)CC43)c12. The third-order valence-corrected chi connectivity index (χ3v) is 6.58. The van der Waals surface area contributed by atoms with Crippen molar-refractivity contribution in [3.05, 3.63) is 41.7 Å². The van der Waals surface area contributed by atoms with Crippen LogP contribution in [0.3, 0.4) is 0 Å². The summed E-state index contributed by atoms with van der Waals surface area (Å²) in [4.78, 5) is 15.5. The summed E-state index contributed by atoms with van der Waals surface area (Å²) in [5.41, 5.74) is 9.46. The summed E-state index contributed by atoms with van der Waals surface area (Å²) in [7, 11) is 3.68. The number of aromatic amines is 1. The number of hydrogen-bond acceptors (Lipinski definition) is 6. The van der Waals surface area contributed by atoms with Crippen LogP contribution in [0.2, 0.25) is 0 Å². The second-order valence-corrected chi connectivity index (χ2v) is 8.42. The number of anilines is 2. The van der Waals surface area contributed by atoms with E-state index in [1.165, 1.54) is 6.07 Å². The van der Waals surface area contributed by atoms with Crippen molar-refractivity contribution >= 4 is 33.4 Å². The van der Waals surface area contributed by atoms with E-state index in [1.807, 2.05) is 19.4 Å². The van der Waals surface area contributed by atoms with Gasteiger partial charge in [0.15, 0.2) is 0 Å². The summed E-state index contributed by atoms with van der Waals surface area (Å²) in [6.45, 7) is 0.880. The Morgan fingerprint density at radius 3 is 2.87 bits per heavy atom. The number of rotatable bonds is 4. The fourth-order valence-corrected chi connectivity index (χ4v) is 4.92. The normalized spacial score (nSPS) is 22.8. The van der Waals surface area contributed by atoms with Gasteiger partial charge in [0.25, 0.3) is 0 Å². The van der Waals surface area contributed by atoms with Crippen LogP contribution in [0.25, 0.3) is 21.9 Å². The van der Waals surface area contributed by atoms with Gasteiger partial charge in [-0.2, -0.15) is 5.10 Å². The Kier molecular flexibility index (Phi) is 3.62. The topological polar surface area (TPSA) is 101 Å². The Labute approximate surface area is 172 Å². The van der Waals surface area contributed by atoms with Crippen LogP contribution in [0, 0.1) is 11.7 Å². The molecule has 4 N–H and O–H groups in total. The second-order valence-electron chi connectivity index (χ2n) is 8.42. The third-order valence-electron chi connectivity index (χ3n) is 6.58. The fraction of sp³-hybridized carbons (Fsp3) is 0.381. The minimum Gasteiger partial charge on any atom is -0.386 e. The van der Waals surface area contributed by atoms with Crippen molar-refractivity contribution in [2.24, 2.45) is 18.7 Å². The average Bonchev–Trinajstić information content (AvgIpc) is 3.28. The van der Waals surface area contributed by atoms with Gasteiger partial charge in [-0.15, -0.1) is 0 Å². The smallest absolute Gasteiger partial charge is 0.144 e. The first-order valence-corrected chi connectivity index (χ1v) is 10.2. The molecule has 0 amide bonds. The van der Waals surface area contributed by atoms with Gasteiger partial charge in [0.2, 0.25) is 0 Å². The standard InChI is InChI=1S/C21H23FN8/c1-24-15-5-11(22)4-12-18-20(28-19(12)15)26-17(3-10-7-25-29(2)8-10)27-21(18)30-9-13-14(23)6-16(13)30/h4-5,7-8,13-14,16,24H,3,6,9,23H2,1-2H3,(H,26,27,28). The number of H-pyrrole nitrogens is 1. The number of fused-ring (bicyclic) bond motifs is 4. The van der Waals surface area contributed by atoms with E-state index in [0.29, 0.717) is 24.1 Å². The molecule has 1 aliphatic heterocycles. The Balaban J connectivity index is 1.55. The number of benzene rings is 1. The van der Waals surface area contributed by atoms with Crippen LogP contribution in [-0.4, -0.2) is 50.4 Å². The van der Waals surface area contributed by atoms with Gasteiger partial charge in [-0.3, -0.25) is 4.68 Å². The van der Waals surface area contributed by atoms with E-state index in [0.717, 1.165) is 52.1 Å². The van der Waals surface area contributed by atoms with Gasteiger partial charge in [0, 0.05) is 56.6 Å². The first-order valence-electron chi connectivity index (χ1n) is 10.2. The van der Waals surface area contributed by atoms with Crippen molar-refractivity contribution in [2.75, 3.05) is 23.8 Å². The first kappa shape index (κ1) is 17.6. The second kappa shape index (κ2) is 6.15. The van der Waals surface area contributed by atoms with Gasteiger partial charge >= 0.3 is 0 Å². The molecule has 4 aromatic rings. The molecule has 9 heteroatoms. The molecule has 8 nitrogen and oxygen atoms in total. The summed E-state index contributed by atoms with van der Waals surface area (Å²) in [5.74, 6) is 1.82. The predicted octanol–water partition coefficient (Wildman–Crippen LogP) is 2.15. The van der Waals surface area contributed by atoms with E-state index in [-0.39, 0.29) is 11.9 Å². The Morgan fingerprint density at radius 1 is 1.33 bits per heavy atom. The monoisotopic (exact) mass is 406 g/mol. The number of nitrogens with zero attached hydrogens (tertiary/aromatic N) is 5. The Hall–Kier alpha value is -3.20. The molecule has 1 saturated heterocycles. The molecule has 1 aromatic carbocycles. The van der Waals surface area contributed by atoms with E-state index in [9.17, 15) is 4.39 Å².